The molecule has 1 aliphatic carbocycles. The van der Waals surface area contributed by atoms with E-state index in [4.69, 9.17) is 9.78 Å². The summed E-state index contributed by atoms with van der Waals surface area (Å²) in [6.07, 6.45) is 7.08. The van der Waals surface area contributed by atoms with Crippen LogP contribution >= 0.6 is 0 Å². The van der Waals surface area contributed by atoms with Gasteiger partial charge in [0.15, 0.2) is 5.82 Å². The van der Waals surface area contributed by atoms with Crippen LogP contribution in [0.4, 0.5) is 0 Å². The zero-order chi connectivity index (χ0) is 14.6. The molecule has 0 aromatic carbocycles. The Morgan fingerprint density at radius 1 is 1.40 bits per heavy atom. The van der Waals surface area contributed by atoms with E-state index in [1.807, 2.05) is 0 Å². The molecule has 1 heterocycles. The molecule has 1 aliphatic rings. The summed E-state index contributed by atoms with van der Waals surface area (Å²) in [6, 6.07) is 2.26. The molecule has 1 aromatic rings. The third-order valence-electron chi connectivity index (χ3n) is 4.90. The minimum absolute atomic E-state index is 0.0554. The van der Waals surface area contributed by atoms with Gasteiger partial charge in [0.2, 0.25) is 5.89 Å². The van der Waals surface area contributed by atoms with Crippen molar-refractivity contribution in [1.29, 1.82) is 5.26 Å². The van der Waals surface area contributed by atoms with Crippen LogP contribution in [0.2, 0.25) is 0 Å². The van der Waals surface area contributed by atoms with Gasteiger partial charge in [-0.1, -0.05) is 32.3 Å². The van der Waals surface area contributed by atoms with Crippen molar-refractivity contribution in [2.75, 3.05) is 0 Å². The molecular weight excluding hydrogens is 250 g/mol. The number of nitrogens with zero attached hydrogens (tertiary/aromatic N) is 3. The Morgan fingerprint density at radius 2 is 2.20 bits per heavy atom. The van der Waals surface area contributed by atoms with Crippen LogP contribution in [0.25, 0.3) is 0 Å². The second kappa shape index (κ2) is 6.39. The predicted molar refractivity (Wildman–Crippen MR) is 77.0 cm³/mol. The summed E-state index contributed by atoms with van der Waals surface area (Å²) in [7, 11) is 0. The highest BCUT2D eigenvalue weighted by atomic mass is 16.5. The van der Waals surface area contributed by atoms with Gasteiger partial charge in [0.25, 0.3) is 0 Å². The van der Waals surface area contributed by atoms with Gasteiger partial charge in [-0.2, -0.15) is 10.2 Å². The van der Waals surface area contributed by atoms with Crippen molar-refractivity contribution in [2.45, 2.75) is 71.6 Å². The van der Waals surface area contributed by atoms with Crippen molar-refractivity contribution in [3.05, 3.63) is 11.7 Å². The maximum Gasteiger partial charge on any atom is 0.227 e. The molecule has 0 bridgehead atoms. The molecule has 4 heteroatoms. The van der Waals surface area contributed by atoms with E-state index in [-0.39, 0.29) is 5.41 Å². The molecule has 0 N–H and O–H groups in total. The topological polar surface area (TPSA) is 62.7 Å². The number of hydrogen-bond acceptors (Lipinski definition) is 4. The second-order valence-electron chi connectivity index (χ2n) is 6.51. The minimum atomic E-state index is -0.0554. The Hall–Kier alpha value is -1.37. The molecule has 110 valence electrons. The van der Waals surface area contributed by atoms with Gasteiger partial charge < -0.3 is 4.52 Å². The first-order valence-electron chi connectivity index (χ1n) is 7.79. The van der Waals surface area contributed by atoms with E-state index in [2.05, 4.69) is 37.0 Å². The maximum absolute atomic E-state index is 8.93. The zero-order valence-corrected chi connectivity index (χ0v) is 12.9. The molecule has 20 heavy (non-hydrogen) atoms. The van der Waals surface area contributed by atoms with E-state index in [9.17, 15) is 0 Å². The standard InChI is InChI=1S/C16H25N3O/c1-4-12-6-7-13(10-12)15-18-14(20-19-15)11-16(3,5-2)8-9-17/h12-13H,4-8,10-11H2,1-3H3. The Labute approximate surface area is 121 Å². The Bertz CT molecular complexity index is 476. The molecule has 1 fully saturated rings. The van der Waals surface area contributed by atoms with Crippen LogP contribution in [0.3, 0.4) is 0 Å². The molecule has 1 aromatic heterocycles. The van der Waals surface area contributed by atoms with Crippen molar-refractivity contribution >= 4 is 0 Å². The molecule has 1 saturated carbocycles. The third kappa shape index (κ3) is 3.39. The van der Waals surface area contributed by atoms with Gasteiger partial charge in [-0.3, -0.25) is 0 Å². The van der Waals surface area contributed by atoms with Gasteiger partial charge >= 0.3 is 0 Å². The number of aromatic nitrogens is 2. The van der Waals surface area contributed by atoms with Gasteiger partial charge in [0.1, 0.15) is 0 Å². The monoisotopic (exact) mass is 275 g/mol. The Morgan fingerprint density at radius 3 is 2.80 bits per heavy atom. The van der Waals surface area contributed by atoms with E-state index in [1.165, 1.54) is 25.7 Å². The van der Waals surface area contributed by atoms with Gasteiger partial charge in [0, 0.05) is 18.8 Å². The highest BCUT2D eigenvalue weighted by Gasteiger charge is 2.30. The van der Waals surface area contributed by atoms with E-state index >= 15 is 0 Å². The molecule has 0 spiro atoms. The van der Waals surface area contributed by atoms with Crippen LogP contribution in [-0.4, -0.2) is 10.1 Å². The smallest absolute Gasteiger partial charge is 0.227 e. The van der Waals surface area contributed by atoms with Gasteiger partial charge in [-0.25, -0.2) is 0 Å². The largest absolute Gasteiger partial charge is 0.339 e. The van der Waals surface area contributed by atoms with Crippen molar-refractivity contribution in [3.8, 4) is 6.07 Å². The summed E-state index contributed by atoms with van der Waals surface area (Å²) in [5.41, 5.74) is -0.0554. The summed E-state index contributed by atoms with van der Waals surface area (Å²) >= 11 is 0. The lowest BCUT2D eigenvalue weighted by Gasteiger charge is -2.22. The third-order valence-corrected chi connectivity index (χ3v) is 4.90. The van der Waals surface area contributed by atoms with Crippen LogP contribution in [-0.2, 0) is 6.42 Å². The summed E-state index contributed by atoms with van der Waals surface area (Å²) in [5, 5.41) is 13.1. The lowest BCUT2D eigenvalue weighted by Crippen LogP contribution is -2.18. The highest BCUT2D eigenvalue weighted by molar-refractivity contribution is 5.01. The summed E-state index contributed by atoms with van der Waals surface area (Å²) in [6.45, 7) is 6.48. The van der Waals surface area contributed by atoms with Crippen LogP contribution in [0.1, 0.15) is 76.9 Å². The summed E-state index contributed by atoms with van der Waals surface area (Å²) in [5.74, 6) is 2.87. The van der Waals surface area contributed by atoms with Crippen LogP contribution in [0, 0.1) is 22.7 Å². The zero-order valence-electron chi connectivity index (χ0n) is 12.9. The summed E-state index contributed by atoms with van der Waals surface area (Å²) < 4.78 is 5.42. The first kappa shape index (κ1) is 15.0. The van der Waals surface area contributed by atoms with E-state index in [1.54, 1.807) is 0 Å². The normalized spacial score (nSPS) is 25.3. The lowest BCUT2D eigenvalue weighted by molar-refractivity contribution is 0.265. The molecular formula is C16H25N3O. The van der Waals surface area contributed by atoms with Crippen LogP contribution in [0.5, 0.6) is 0 Å². The van der Waals surface area contributed by atoms with Gasteiger partial charge in [-0.15, -0.1) is 0 Å². The Balaban J connectivity index is 2.01. The highest BCUT2D eigenvalue weighted by Crippen LogP contribution is 2.38. The number of nitriles is 1. The predicted octanol–water partition coefficient (Wildman–Crippen LogP) is 4.24. The minimum Gasteiger partial charge on any atom is -0.339 e. The van der Waals surface area contributed by atoms with E-state index in [0.29, 0.717) is 24.7 Å². The van der Waals surface area contributed by atoms with Gasteiger partial charge in [-0.05, 0) is 37.0 Å². The number of hydrogen-bond donors (Lipinski definition) is 0. The summed E-state index contributed by atoms with van der Waals surface area (Å²) in [4.78, 5) is 4.59. The lowest BCUT2D eigenvalue weighted by atomic mass is 9.81. The van der Waals surface area contributed by atoms with E-state index < -0.39 is 0 Å². The first-order chi connectivity index (χ1) is 9.60. The fourth-order valence-electron chi connectivity index (χ4n) is 3.05. The molecule has 3 atom stereocenters. The fraction of sp³-hybridized carbons (Fsp3) is 0.812. The SMILES string of the molecule is CCC1CCC(c2noc(CC(C)(CC)CC#N)n2)C1. The number of rotatable bonds is 6. The molecule has 3 unspecified atom stereocenters. The van der Waals surface area contributed by atoms with Crippen molar-refractivity contribution in [1.82, 2.24) is 10.1 Å². The molecule has 0 amide bonds. The van der Waals surface area contributed by atoms with Crippen molar-refractivity contribution < 1.29 is 4.52 Å². The van der Waals surface area contributed by atoms with Crippen LogP contribution < -0.4 is 0 Å². The Kier molecular flexibility index (Phi) is 4.80. The van der Waals surface area contributed by atoms with Crippen molar-refractivity contribution in [3.63, 3.8) is 0 Å². The average Bonchev–Trinajstić information content (AvgIpc) is 3.07. The quantitative estimate of drug-likeness (QED) is 0.779. The molecule has 4 nitrogen and oxygen atoms in total. The fourth-order valence-corrected chi connectivity index (χ4v) is 3.05. The molecule has 0 radical (unpaired) electrons. The van der Waals surface area contributed by atoms with Crippen molar-refractivity contribution in [2.24, 2.45) is 11.3 Å². The van der Waals surface area contributed by atoms with E-state index in [0.717, 1.165) is 18.2 Å². The molecule has 2 rings (SSSR count). The second-order valence-corrected chi connectivity index (χ2v) is 6.51. The average molecular weight is 275 g/mol. The van der Waals surface area contributed by atoms with Crippen LogP contribution in [0.15, 0.2) is 4.52 Å². The molecule has 0 aliphatic heterocycles. The van der Waals surface area contributed by atoms with Gasteiger partial charge in [0.05, 0.1) is 6.07 Å². The molecule has 0 saturated heterocycles. The first-order valence-corrected chi connectivity index (χ1v) is 7.79. The maximum atomic E-state index is 8.93.